The number of aromatic nitrogens is 3. The van der Waals surface area contributed by atoms with Gasteiger partial charge < -0.3 is 10.4 Å². The number of carbonyl (C=O) groups is 2. The topological polar surface area (TPSA) is 97.1 Å². The summed E-state index contributed by atoms with van der Waals surface area (Å²) in [5, 5.41) is 18.4. The molecule has 2 N–H and O–H groups in total. The van der Waals surface area contributed by atoms with E-state index >= 15 is 0 Å². The van der Waals surface area contributed by atoms with E-state index in [1.807, 2.05) is 42.5 Å². The first kappa shape index (κ1) is 24.9. The van der Waals surface area contributed by atoms with Gasteiger partial charge in [0.05, 0.1) is 40.6 Å². The molecule has 40 heavy (non-hydrogen) atoms. The van der Waals surface area contributed by atoms with E-state index in [2.05, 4.69) is 10.4 Å². The number of nitrogens with one attached hydrogen (secondary N) is 1. The summed E-state index contributed by atoms with van der Waals surface area (Å²) in [6, 6.07) is 28.0. The Labute approximate surface area is 228 Å². The molecular weight excluding hydrogens is 507 g/mol. The average molecular weight is 531 g/mol. The summed E-state index contributed by atoms with van der Waals surface area (Å²) in [4.78, 5) is 29.5. The Kier molecular flexibility index (Phi) is 6.49. The monoisotopic (exact) mass is 530 g/mol. The van der Waals surface area contributed by atoms with Gasteiger partial charge in [-0.25, -0.2) is 9.18 Å². The lowest BCUT2D eigenvalue weighted by Crippen LogP contribution is -2.24. The number of halogens is 1. The number of carbonyl (C=O) groups excluding carboxylic acids is 1. The number of benzene rings is 4. The number of carboxylic acid groups (broad SMARTS) is 1. The molecule has 0 aliphatic rings. The van der Waals surface area contributed by atoms with Crippen molar-refractivity contribution in [3.8, 4) is 11.1 Å². The molecule has 7 nitrogen and oxygen atoms in total. The predicted molar refractivity (Wildman–Crippen MR) is 151 cm³/mol. The van der Waals surface area contributed by atoms with Gasteiger partial charge in [0, 0.05) is 17.3 Å². The van der Waals surface area contributed by atoms with Crippen molar-refractivity contribution in [2.75, 3.05) is 0 Å². The molecule has 0 bridgehead atoms. The molecule has 0 fully saturated rings. The number of hydrogen-bond acceptors (Lipinski definition) is 4. The van der Waals surface area contributed by atoms with Crippen molar-refractivity contribution in [2.45, 2.75) is 13.1 Å². The van der Waals surface area contributed by atoms with Crippen molar-refractivity contribution >= 4 is 33.7 Å². The largest absolute Gasteiger partial charge is 0.478 e. The fourth-order valence-corrected chi connectivity index (χ4v) is 4.75. The number of fused-ring (bicyclic) bond motifs is 2. The number of hydrogen-bond donors (Lipinski definition) is 2. The number of pyridine rings is 1. The maximum Gasteiger partial charge on any atom is 0.335 e. The fourth-order valence-electron chi connectivity index (χ4n) is 4.75. The highest BCUT2D eigenvalue weighted by Crippen LogP contribution is 2.29. The summed E-state index contributed by atoms with van der Waals surface area (Å²) in [5.74, 6) is -1.72. The highest BCUT2D eigenvalue weighted by Gasteiger charge is 2.18. The third-order valence-corrected chi connectivity index (χ3v) is 6.76. The lowest BCUT2D eigenvalue weighted by atomic mass is 9.99. The van der Waals surface area contributed by atoms with Gasteiger partial charge in [0.25, 0.3) is 5.91 Å². The Morgan fingerprint density at radius 3 is 2.48 bits per heavy atom. The molecular formula is C32H23FN4O3. The lowest BCUT2D eigenvalue weighted by molar-refractivity contribution is 0.0696. The van der Waals surface area contributed by atoms with Crippen molar-refractivity contribution in [1.29, 1.82) is 0 Å². The van der Waals surface area contributed by atoms with Crippen LogP contribution in [-0.2, 0) is 13.1 Å². The Hall–Kier alpha value is -5.37. The van der Waals surface area contributed by atoms with Crippen LogP contribution in [0.3, 0.4) is 0 Å². The van der Waals surface area contributed by atoms with Gasteiger partial charge in [-0.1, -0.05) is 48.5 Å². The minimum Gasteiger partial charge on any atom is -0.478 e. The smallest absolute Gasteiger partial charge is 0.335 e. The van der Waals surface area contributed by atoms with Crippen LogP contribution in [0.2, 0.25) is 0 Å². The van der Waals surface area contributed by atoms with Crippen molar-refractivity contribution in [1.82, 2.24) is 20.1 Å². The minimum absolute atomic E-state index is 0.172. The van der Waals surface area contributed by atoms with Gasteiger partial charge in [-0.05, 0) is 65.2 Å². The van der Waals surface area contributed by atoms with Gasteiger partial charge in [0.15, 0.2) is 0 Å². The molecule has 0 unspecified atom stereocenters. The van der Waals surface area contributed by atoms with E-state index in [1.54, 1.807) is 41.2 Å². The number of amides is 1. The number of rotatable bonds is 7. The zero-order valence-electron chi connectivity index (χ0n) is 21.2. The molecule has 0 saturated carbocycles. The van der Waals surface area contributed by atoms with Crippen LogP contribution < -0.4 is 5.32 Å². The maximum atomic E-state index is 14.0. The molecule has 0 atom stereocenters. The fraction of sp³-hybridized carbons (Fsp3) is 0.0625. The molecule has 6 aromatic rings. The summed E-state index contributed by atoms with van der Waals surface area (Å²) in [6.45, 7) is 0.551. The van der Waals surface area contributed by atoms with Gasteiger partial charge in [-0.15, -0.1) is 0 Å². The SMILES string of the molecule is O=C(O)c1ccc(CNC(=O)c2cc(-c3cccc(F)c3)cc3cnn(Cc4ccc5ccccc5n4)c23)cc1. The van der Waals surface area contributed by atoms with Crippen LogP contribution in [0.15, 0.2) is 103 Å². The number of nitrogens with zero attached hydrogens (tertiary/aromatic N) is 3. The van der Waals surface area contributed by atoms with Gasteiger partial charge in [-0.2, -0.15) is 5.10 Å². The molecule has 2 heterocycles. The Morgan fingerprint density at radius 2 is 1.68 bits per heavy atom. The molecule has 196 valence electrons. The summed E-state index contributed by atoms with van der Waals surface area (Å²) in [7, 11) is 0. The van der Waals surface area contributed by atoms with Crippen molar-refractivity contribution in [2.24, 2.45) is 0 Å². The standard InChI is InChI=1S/C32H23FN4O3/c33-26-6-3-5-23(15-26)24-14-25-18-35-37(19-27-13-12-21-4-1-2-7-29(21)36-27)30(25)28(16-24)31(38)34-17-20-8-10-22(11-9-20)32(39)40/h1-16,18H,17,19H2,(H,34,38)(H,39,40). The van der Waals surface area contributed by atoms with Gasteiger partial charge in [0.2, 0.25) is 0 Å². The maximum absolute atomic E-state index is 14.0. The Bertz CT molecular complexity index is 1900. The van der Waals surface area contributed by atoms with Crippen LogP contribution in [0.25, 0.3) is 32.9 Å². The van der Waals surface area contributed by atoms with Crippen molar-refractivity contribution in [3.05, 3.63) is 131 Å². The second-order valence-corrected chi connectivity index (χ2v) is 9.45. The molecule has 4 aromatic carbocycles. The average Bonchev–Trinajstić information content (AvgIpc) is 3.38. The van der Waals surface area contributed by atoms with Crippen molar-refractivity contribution < 1.29 is 19.1 Å². The second kappa shape index (κ2) is 10.4. The third kappa shape index (κ3) is 5.02. The minimum atomic E-state index is -1.01. The summed E-state index contributed by atoms with van der Waals surface area (Å²) in [5.41, 5.74) is 4.94. The number of aromatic carboxylic acids is 1. The Morgan fingerprint density at radius 1 is 0.850 bits per heavy atom. The van der Waals surface area contributed by atoms with E-state index in [0.29, 0.717) is 28.8 Å². The lowest BCUT2D eigenvalue weighted by Gasteiger charge is -2.12. The predicted octanol–water partition coefficient (Wildman–Crippen LogP) is 6.07. The molecule has 0 aliphatic carbocycles. The molecule has 1 amide bonds. The van der Waals surface area contributed by atoms with E-state index < -0.39 is 5.97 Å². The van der Waals surface area contributed by atoms with E-state index in [1.165, 1.54) is 24.3 Å². The molecule has 2 aromatic heterocycles. The van der Waals surface area contributed by atoms with E-state index in [-0.39, 0.29) is 23.8 Å². The zero-order chi connectivity index (χ0) is 27.6. The van der Waals surface area contributed by atoms with Crippen LogP contribution in [-0.4, -0.2) is 31.7 Å². The van der Waals surface area contributed by atoms with Gasteiger partial charge in [0.1, 0.15) is 5.82 Å². The molecule has 0 saturated heterocycles. The highest BCUT2D eigenvalue weighted by atomic mass is 19.1. The summed E-state index contributed by atoms with van der Waals surface area (Å²) >= 11 is 0. The summed E-state index contributed by atoms with van der Waals surface area (Å²) < 4.78 is 15.8. The third-order valence-electron chi connectivity index (χ3n) is 6.76. The summed E-state index contributed by atoms with van der Waals surface area (Å²) in [6.07, 6.45) is 1.70. The first-order valence-electron chi connectivity index (χ1n) is 12.7. The van der Waals surface area contributed by atoms with Crippen LogP contribution >= 0.6 is 0 Å². The Balaban J connectivity index is 1.38. The van der Waals surface area contributed by atoms with E-state index in [4.69, 9.17) is 10.1 Å². The van der Waals surface area contributed by atoms with Gasteiger partial charge >= 0.3 is 5.97 Å². The van der Waals surface area contributed by atoms with Crippen LogP contribution in [0.4, 0.5) is 4.39 Å². The van der Waals surface area contributed by atoms with Gasteiger partial charge in [-0.3, -0.25) is 14.5 Å². The highest BCUT2D eigenvalue weighted by molar-refractivity contribution is 6.07. The van der Waals surface area contributed by atoms with Crippen LogP contribution in [0.1, 0.15) is 32.0 Å². The van der Waals surface area contributed by atoms with Crippen LogP contribution in [0.5, 0.6) is 0 Å². The number of para-hydroxylation sites is 1. The normalized spacial score (nSPS) is 11.1. The number of carboxylic acids is 1. The van der Waals surface area contributed by atoms with Crippen LogP contribution in [0, 0.1) is 5.82 Å². The molecule has 0 radical (unpaired) electrons. The van der Waals surface area contributed by atoms with E-state index in [0.717, 1.165) is 27.5 Å². The van der Waals surface area contributed by atoms with Crippen molar-refractivity contribution in [3.63, 3.8) is 0 Å². The second-order valence-electron chi connectivity index (χ2n) is 9.45. The quantitative estimate of drug-likeness (QED) is 0.261. The van der Waals surface area contributed by atoms with E-state index in [9.17, 15) is 14.0 Å². The zero-order valence-corrected chi connectivity index (χ0v) is 21.2. The first-order chi connectivity index (χ1) is 19.4. The molecule has 8 heteroatoms. The molecule has 6 rings (SSSR count). The molecule has 0 aliphatic heterocycles. The molecule has 0 spiro atoms. The first-order valence-corrected chi connectivity index (χ1v) is 12.7.